The summed E-state index contributed by atoms with van der Waals surface area (Å²) in [5.74, 6) is 1.03. The van der Waals surface area contributed by atoms with Crippen molar-refractivity contribution >= 4 is 6.03 Å². The first-order valence-corrected chi connectivity index (χ1v) is 8.70. The molecule has 7 nitrogen and oxygen atoms in total. The first-order valence-electron chi connectivity index (χ1n) is 8.70. The Labute approximate surface area is 162 Å². The second-order valence-electron chi connectivity index (χ2n) is 6.34. The molecule has 0 spiro atoms. The van der Waals surface area contributed by atoms with E-state index in [2.05, 4.69) is 15.5 Å². The van der Waals surface area contributed by atoms with E-state index in [0.29, 0.717) is 17.9 Å². The largest absolute Gasteiger partial charge is 0.497 e. The highest BCUT2D eigenvalue weighted by molar-refractivity contribution is 5.74. The Morgan fingerprint density at radius 2 is 1.89 bits per heavy atom. The number of carbonyl (C=O) groups is 1. The summed E-state index contributed by atoms with van der Waals surface area (Å²) in [7, 11) is 3.30. The number of aromatic nitrogens is 2. The van der Waals surface area contributed by atoms with Gasteiger partial charge >= 0.3 is 6.03 Å². The van der Waals surface area contributed by atoms with E-state index in [4.69, 9.17) is 9.26 Å². The zero-order valence-corrected chi connectivity index (χ0v) is 15.8. The van der Waals surface area contributed by atoms with Gasteiger partial charge in [-0.15, -0.1) is 0 Å². The Kier molecular flexibility index (Phi) is 5.88. The summed E-state index contributed by atoms with van der Waals surface area (Å²) in [6.45, 7) is 2.19. The summed E-state index contributed by atoms with van der Waals surface area (Å²) in [4.78, 5) is 18.3. The number of ether oxygens (including phenoxy) is 1. The van der Waals surface area contributed by atoms with Crippen LogP contribution in [0.2, 0.25) is 0 Å². The van der Waals surface area contributed by atoms with Gasteiger partial charge in [-0.1, -0.05) is 17.3 Å². The lowest BCUT2D eigenvalue weighted by Gasteiger charge is -2.20. The highest BCUT2D eigenvalue weighted by Crippen LogP contribution is 2.19. The fourth-order valence-electron chi connectivity index (χ4n) is 2.56. The number of urea groups is 1. The van der Waals surface area contributed by atoms with Gasteiger partial charge in [0, 0.05) is 19.2 Å². The highest BCUT2D eigenvalue weighted by atomic mass is 19.1. The molecule has 146 valence electrons. The summed E-state index contributed by atoms with van der Waals surface area (Å²) in [5, 5.41) is 6.71. The van der Waals surface area contributed by atoms with E-state index in [-0.39, 0.29) is 17.7 Å². The predicted molar refractivity (Wildman–Crippen MR) is 101 cm³/mol. The molecule has 2 amide bonds. The summed E-state index contributed by atoms with van der Waals surface area (Å²) in [6.07, 6.45) is 0. The van der Waals surface area contributed by atoms with Gasteiger partial charge in [0.25, 0.3) is 0 Å². The molecule has 1 N–H and O–H groups in total. The third-order valence-electron chi connectivity index (χ3n) is 4.18. The number of carbonyl (C=O) groups excluding carboxylic acids is 1. The molecule has 0 saturated carbocycles. The van der Waals surface area contributed by atoms with E-state index in [1.165, 1.54) is 12.1 Å². The minimum atomic E-state index is -0.479. The van der Waals surface area contributed by atoms with Crippen molar-refractivity contribution in [1.82, 2.24) is 20.4 Å². The lowest BCUT2D eigenvalue weighted by Crippen LogP contribution is -2.38. The Morgan fingerprint density at radius 3 is 2.54 bits per heavy atom. The molecule has 0 radical (unpaired) electrons. The molecular weight excluding hydrogens is 363 g/mol. The fraction of sp³-hybridized carbons (Fsp3) is 0.250. The summed E-state index contributed by atoms with van der Waals surface area (Å²) >= 11 is 0. The molecule has 0 aliphatic heterocycles. The van der Waals surface area contributed by atoms with Gasteiger partial charge in [-0.05, 0) is 48.9 Å². The lowest BCUT2D eigenvalue weighted by atomic mass is 10.2. The quantitative estimate of drug-likeness (QED) is 0.699. The number of hydrogen-bond donors (Lipinski definition) is 1. The Balaban J connectivity index is 1.59. The maximum atomic E-state index is 13.0. The number of halogens is 1. The number of rotatable bonds is 6. The molecule has 2 aromatic carbocycles. The smallest absolute Gasteiger partial charge is 0.318 e. The van der Waals surface area contributed by atoms with E-state index < -0.39 is 6.04 Å². The lowest BCUT2D eigenvalue weighted by molar-refractivity contribution is 0.200. The van der Waals surface area contributed by atoms with Crippen LogP contribution >= 0.6 is 0 Å². The monoisotopic (exact) mass is 384 g/mol. The van der Waals surface area contributed by atoms with Gasteiger partial charge in [0.1, 0.15) is 17.6 Å². The maximum absolute atomic E-state index is 13.0. The maximum Gasteiger partial charge on any atom is 0.318 e. The summed E-state index contributed by atoms with van der Waals surface area (Å²) in [5.41, 5.74) is 1.61. The molecule has 28 heavy (non-hydrogen) atoms. The van der Waals surface area contributed by atoms with Gasteiger partial charge in [-0.25, -0.2) is 9.18 Å². The molecule has 1 unspecified atom stereocenters. The normalized spacial score (nSPS) is 11.7. The van der Waals surface area contributed by atoms with Gasteiger partial charge in [-0.2, -0.15) is 4.98 Å². The molecule has 0 fully saturated rings. The number of methoxy groups -OCH3 is 1. The van der Waals surface area contributed by atoms with Gasteiger partial charge in [-0.3, -0.25) is 0 Å². The molecule has 8 heteroatoms. The van der Waals surface area contributed by atoms with Crippen molar-refractivity contribution < 1.29 is 18.4 Å². The molecular formula is C20H21FN4O3. The van der Waals surface area contributed by atoms with Crippen LogP contribution in [0.25, 0.3) is 11.4 Å². The van der Waals surface area contributed by atoms with Gasteiger partial charge in [0.15, 0.2) is 0 Å². The van der Waals surface area contributed by atoms with Crippen LogP contribution in [0.1, 0.15) is 24.4 Å². The molecule has 1 heterocycles. The molecule has 0 aliphatic carbocycles. The van der Waals surface area contributed by atoms with Crippen molar-refractivity contribution in [2.24, 2.45) is 0 Å². The van der Waals surface area contributed by atoms with E-state index in [1.807, 2.05) is 24.3 Å². The fourth-order valence-corrected chi connectivity index (χ4v) is 2.56. The number of benzene rings is 2. The average Bonchev–Trinajstić information content (AvgIpc) is 3.19. The molecule has 0 bridgehead atoms. The summed E-state index contributed by atoms with van der Waals surface area (Å²) in [6, 6.07) is 12.5. The molecule has 1 atom stereocenters. The van der Waals surface area contributed by atoms with Crippen LogP contribution in [0.15, 0.2) is 53.1 Å². The van der Waals surface area contributed by atoms with Gasteiger partial charge < -0.3 is 19.5 Å². The van der Waals surface area contributed by atoms with Gasteiger partial charge in [0.05, 0.1) is 7.11 Å². The van der Waals surface area contributed by atoms with Crippen LogP contribution in [0, 0.1) is 5.82 Å². The number of nitrogens with zero attached hydrogens (tertiary/aromatic N) is 3. The minimum Gasteiger partial charge on any atom is -0.497 e. The SMILES string of the molecule is COc1ccc(CN(C)C(=O)NC(C)c2nc(-c3ccc(F)cc3)no2)cc1. The van der Waals surface area contributed by atoms with Crippen molar-refractivity contribution in [3.63, 3.8) is 0 Å². The van der Waals surface area contributed by atoms with Crippen molar-refractivity contribution in [2.75, 3.05) is 14.2 Å². The zero-order chi connectivity index (χ0) is 20.1. The number of nitrogens with one attached hydrogen (secondary N) is 1. The second kappa shape index (κ2) is 8.51. The van der Waals surface area contributed by atoms with Crippen LogP contribution < -0.4 is 10.1 Å². The van der Waals surface area contributed by atoms with Crippen LogP contribution in [0.4, 0.5) is 9.18 Å². The average molecular weight is 384 g/mol. The van der Waals surface area contributed by atoms with Crippen LogP contribution in [0.3, 0.4) is 0 Å². The van der Waals surface area contributed by atoms with Crippen LogP contribution in [0.5, 0.6) is 5.75 Å². The van der Waals surface area contributed by atoms with Crippen molar-refractivity contribution in [3.05, 3.63) is 65.8 Å². The van der Waals surface area contributed by atoms with E-state index >= 15 is 0 Å². The van der Waals surface area contributed by atoms with E-state index in [9.17, 15) is 9.18 Å². The van der Waals surface area contributed by atoms with E-state index in [1.54, 1.807) is 38.1 Å². The zero-order valence-electron chi connectivity index (χ0n) is 15.8. The predicted octanol–water partition coefficient (Wildman–Crippen LogP) is 3.79. The highest BCUT2D eigenvalue weighted by Gasteiger charge is 2.19. The minimum absolute atomic E-state index is 0.269. The topological polar surface area (TPSA) is 80.5 Å². The number of amides is 2. The van der Waals surface area contributed by atoms with Crippen LogP contribution in [-0.2, 0) is 6.54 Å². The van der Waals surface area contributed by atoms with Crippen LogP contribution in [-0.4, -0.2) is 35.2 Å². The van der Waals surface area contributed by atoms with E-state index in [0.717, 1.165) is 11.3 Å². The molecule has 1 aromatic heterocycles. The second-order valence-corrected chi connectivity index (χ2v) is 6.34. The first-order chi connectivity index (χ1) is 13.5. The molecule has 3 rings (SSSR count). The standard InChI is InChI=1S/C20H21FN4O3/c1-13(19-23-18(24-28-19)15-6-8-16(21)9-7-15)22-20(26)25(2)12-14-4-10-17(27-3)11-5-14/h4-11,13H,12H2,1-3H3,(H,22,26). The molecule has 0 saturated heterocycles. The number of hydrogen-bond acceptors (Lipinski definition) is 5. The first kappa shape index (κ1) is 19.3. The van der Waals surface area contributed by atoms with Crippen molar-refractivity contribution in [3.8, 4) is 17.1 Å². The Morgan fingerprint density at radius 1 is 1.21 bits per heavy atom. The third-order valence-corrected chi connectivity index (χ3v) is 4.18. The Hall–Kier alpha value is -3.42. The summed E-state index contributed by atoms with van der Waals surface area (Å²) < 4.78 is 23.4. The third kappa shape index (κ3) is 4.64. The Bertz CT molecular complexity index is 925. The van der Waals surface area contributed by atoms with Crippen molar-refractivity contribution in [2.45, 2.75) is 19.5 Å². The van der Waals surface area contributed by atoms with Crippen molar-refractivity contribution in [1.29, 1.82) is 0 Å². The van der Waals surface area contributed by atoms with Gasteiger partial charge in [0.2, 0.25) is 11.7 Å². The molecule has 3 aromatic rings. The molecule has 0 aliphatic rings.